The molecule has 1 aromatic heterocycles. The summed E-state index contributed by atoms with van der Waals surface area (Å²) < 4.78 is 19.9. The fraction of sp³-hybridized carbons (Fsp3) is 0.200. The van der Waals surface area contributed by atoms with E-state index in [0.29, 0.717) is 30.0 Å². The minimum Gasteiger partial charge on any atom is -0.440 e. The van der Waals surface area contributed by atoms with Crippen molar-refractivity contribution < 1.29 is 18.7 Å². The Balaban J connectivity index is 1.79. The third-order valence-corrected chi connectivity index (χ3v) is 3.92. The lowest BCUT2D eigenvalue weighted by molar-refractivity contribution is 0.101. The summed E-state index contributed by atoms with van der Waals surface area (Å²) in [5.74, 6) is -0.918. The molecule has 1 aliphatic rings. The Morgan fingerprint density at radius 3 is 2.83 bits per heavy atom. The predicted molar refractivity (Wildman–Crippen MR) is 81.8 cm³/mol. The van der Waals surface area contributed by atoms with Crippen molar-refractivity contribution in [2.24, 2.45) is 5.73 Å². The van der Waals surface area contributed by atoms with Crippen LogP contribution in [-0.4, -0.2) is 16.6 Å². The second-order valence-corrected chi connectivity index (χ2v) is 5.50. The van der Waals surface area contributed by atoms with Crippen molar-refractivity contribution in [1.29, 1.82) is 0 Å². The normalized spacial score (nSPS) is 16.0. The maximum Gasteiger partial charge on any atom is 0.405 e. The molecule has 120 valence electrons. The zero-order valence-corrected chi connectivity index (χ0v) is 12.6. The van der Waals surface area contributed by atoms with Crippen LogP contribution in [0.1, 0.15) is 28.7 Å². The Kier molecular flexibility index (Phi) is 3.96. The molecule has 1 atom stereocenters. The van der Waals surface area contributed by atoms with Crippen molar-refractivity contribution in [2.45, 2.75) is 19.1 Å². The summed E-state index contributed by atoms with van der Waals surface area (Å²) >= 11 is 5.69. The standard InChI is InChI=1S/C15H13ClFN3O3/c16-9-7-8(1-2-10(9)17)19-14(21)12-4-3-11-13(23-15(18)22)5-6-20(11)12/h1-4,7,13H,5-6H2,(H2,18,22)(H,19,21). The summed E-state index contributed by atoms with van der Waals surface area (Å²) in [5.41, 5.74) is 6.55. The molecule has 3 N–H and O–H groups in total. The maximum absolute atomic E-state index is 13.1. The first-order chi connectivity index (χ1) is 11.0. The van der Waals surface area contributed by atoms with Gasteiger partial charge in [-0.25, -0.2) is 9.18 Å². The highest BCUT2D eigenvalue weighted by Crippen LogP contribution is 2.31. The van der Waals surface area contributed by atoms with Crippen LogP contribution in [0.3, 0.4) is 0 Å². The average molecular weight is 338 g/mol. The molecular formula is C15H13ClFN3O3. The number of aromatic nitrogens is 1. The maximum atomic E-state index is 13.1. The summed E-state index contributed by atoms with van der Waals surface area (Å²) in [6.45, 7) is 0.535. The summed E-state index contributed by atoms with van der Waals surface area (Å²) in [5, 5.41) is 2.58. The highest BCUT2D eigenvalue weighted by Gasteiger charge is 2.29. The first-order valence-electron chi connectivity index (χ1n) is 6.87. The molecular weight excluding hydrogens is 325 g/mol. The van der Waals surface area contributed by atoms with Crippen molar-refractivity contribution in [1.82, 2.24) is 4.57 Å². The van der Waals surface area contributed by atoms with Gasteiger partial charge in [0.15, 0.2) is 0 Å². The van der Waals surface area contributed by atoms with Gasteiger partial charge in [0.25, 0.3) is 5.91 Å². The monoisotopic (exact) mass is 337 g/mol. The van der Waals surface area contributed by atoms with E-state index >= 15 is 0 Å². The highest BCUT2D eigenvalue weighted by molar-refractivity contribution is 6.31. The first kappa shape index (κ1) is 15.4. The minimum absolute atomic E-state index is 0.0712. The van der Waals surface area contributed by atoms with E-state index in [1.54, 1.807) is 16.7 Å². The van der Waals surface area contributed by atoms with E-state index in [4.69, 9.17) is 22.1 Å². The number of primary amides is 1. The molecule has 1 unspecified atom stereocenters. The molecule has 1 aromatic carbocycles. The van der Waals surface area contributed by atoms with Gasteiger partial charge in [0.1, 0.15) is 17.6 Å². The number of ether oxygens (including phenoxy) is 1. The lowest BCUT2D eigenvalue weighted by atomic mass is 10.2. The molecule has 1 aliphatic heterocycles. The van der Waals surface area contributed by atoms with Crippen LogP contribution in [0, 0.1) is 5.82 Å². The topological polar surface area (TPSA) is 86.4 Å². The Labute approximate surface area is 136 Å². The van der Waals surface area contributed by atoms with Crippen LogP contribution >= 0.6 is 11.6 Å². The van der Waals surface area contributed by atoms with Crippen LogP contribution in [0.4, 0.5) is 14.9 Å². The van der Waals surface area contributed by atoms with Gasteiger partial charge >= 0.3 is 6.09 Å². The molecule has 0 aliphatic carbocycles. The van der Waals surface area contributed by atoms with Crippen molar-refractivity contribution in [3.05, 3.63) is 52.6 Å². The Bertz CT molecular complexity index is 790. The Hall–Kier alpha value is -2.54. The number of fused-ring (bicyclic) bond motifs is 1. The van der Waals surface area contributed by atoms with E-state index in [1.165, 1.54) is 18.2 Å². The van der Waals surface area contributed by atoms with E-state index in [9.17, 15) is 14.0 Å². The van der Waals surface area contributed by atoms with Gasteiger partial charge in [-0.15, -0.1) is 0 Å². The molecule has 0 spiro atoms. The van der Waals surface area contributed by atoms with Crippen molar-refractivity contribution in [3.63, 3.8) is 0 Å². The lowest BCUT2D eigenvalue weighted by Gasteiger charge is -2.09. The number of nitrogens with zero attached hydrogens (tertiary/aromatic N) is 1. The summed E-state index contributed by atoms with van der Waals surface area (Å²) in [6.07, 6.45) is -0.743. The second kappa shape index (κ2) is 5.92. The van der Waals surface area contributed by atoms with Gasteiger partial charge in [0.2, 0.25) is 0 Å². The van der Waals surface area contributed by atoms with Gasteiger partial charge in [-0.05, 0) is 30.3 Å². The van der Waals surface area contributed by atoms with Gasteiger partial charge in [0.05, 0.1) is 10.7 Å². The molecule has 0 saturated carbocycles. The van der Waals surface area contributed by atoms with E-state index in [-0.39, 0.29) is 10.9 Å². The van der Waals surface area contributed by atoms with Crippen LogP contribution in [0.25, 0.3) is 0 Å². The number of nitrogens with one attached hydrogen (secondary N) is 1. The van der Waals surface area contributed by atoms with Gasteiger partial charge in [-0.1, -0.05) is 11.6 Å². The van der Waals surface area contributed by atoms with Crippen LogP contribution in [0.5, 0.6) is 0 Å². The lowest BCUT2D eigenvalue weighted by Crippen LogP contribution is -2.17. The minimum atomic E-state index is -0.850. The van der Waals surface area contributed by atoms with Gasteiger partial charge in [-0.2, -0.15) is 0 Å². The number of hydrogen-bond donors (Lipinski definition) is 2. The zero-order chi connectivity index (χ0) is 16.6. The third-order valence-electron chi connectivity index (χ3n) is 3.63. The third kappa shape index (κ3) is 3.00. The predicted octanol–water partition coefficient (Wildman–Crippen LogP) is 3.07. The summed E-state index contributed by atoms with van der Waals surface area (Å²) in [4.78, 5) is 23.2. The highest BCUT2D eigenvalue weighted by atomic mass is 35.5. The molecule has 2 aromatic rings. The molecule has 2 heterocycles. The molecule has 2 amide bonds. The Morgan fingerprint density at radius 1 is 1.35 bits per heavy atom. The Morgan fingerprint density at radius 2 is 2.13 bits per heavy atom. The number of amides is 2. The molecule has 0 bridgehead atoms. The molecule has 0 radical (unpaired) electrons. The number of anilines is 1. The van der Waals surface area contributed by atoms with Crippen LogP contribution in [0.2, 0.25) is 5.02 Å². The molecule has 0 saturated heterocycles. The van der Waals surface area contributed by atoms with Crippen molar-refractivity contribution in [3.8, 4) is 0 Å². The fourth-order valence-corrected chi connectivity index (χ4v) is 2.82. The van der Waals surface area contributed by atoms with Gasteiger partial charge < -0.3 is 20.4 Å². The molecule has 0 fully saturated rings. The van der Waals surface area contributed by atoms with E-state index < -0.39 is 18.0 Å². The second-order valence-electron chi connectivity index (χ2n) is 5.09. The number of carbonyl (C=O) groups excluding carboxylic acids is 2. The van der Waals surface area contributed by atoms with Gasteiger partial charge in [0, 0.05) is 18.7 Å². The van der Waals surface area contributed by atoms with Crippen LogP contribution < -0.4 is 11.1 Å². The number of carbonyl (C=O) groups is 2. The van der Waals surface area contributed by atoms with Crippen molar-refractivity contribution >= 4 is 29.3 Å². The number of nitrogens with two attached hydrogens (primary N) is 1. The van der Waals surface area contributed by atoms with Crippen LogP contribution in [0.15, 0.2) is 30.3 Å². The fourth-order valence-electron chi connectivity index (χ4n) is 2.64. The smallest absolute Gasteiger partial charge is 0.405 e. The number of benzene rings is 1. The largest absolute Gasteiger partial charge is 0.440 e. The van der Waals surface area contributed by atoms with E-state index in [0.717, 1.165) is 0 Å². The summed E-state index contributed by atoms with van der Waals surface area (Å²) in [6, 6.07) is 7.28. The molecule has 6 nitrogen and oxygen atoms in total. The number of hydrogen-bond acceptors (Lipinski definition) is 3. The number of rotatable bonds is 3. The molecule has 23 heavy (non-hydrogen) atoms. The molecule has 3 rings (SSSR count). The zero-order valence-electron chi connectivity index (χ0n) is 11.9. The molecule has 8 heteroatoms. The van der Waals surface area contributed by atoms with Crippen molar-refractivity contribution in [2.75, 3.05) is 5.32 Å². The first-order valence-corrected chi connectivity index (χ1v) is 7.25. The average Bonchev–Trinajstić information content (AvgIpc) is 3.05. The summed E-state index contributed by atoms with van der Waals surface area (Å²) in [7, 11) is 0. The SMILES string of the molecule is NC(=O)OC1CCn2c(C(=O)Nc3ccc(F)c(Cl)c3)ccc21. The van der Waals surface area contributed by atoms with Gasteiger partial charge in [-0.3, -0.25) is 4.79 Å². The number of halogens is 2. The van der Waals surface area contributed by atoms with E-state index in [2.05, 4.69) is 5.32 Å². The van der Waals surface area contributed by atoms with E-state index in [1.807, 2.05) is 0 Å². The quantitative estimate of drug-likeness (QED) is 0.902. The van der Waals surface area contributed by atoms with Crippen LogP contribution in [-0.2, 0) is 11.3 Å².